The lowest BCUT2D eigenvalue weighted by Crippen LogP contribution is -2.41. The van der Waals surface area contributed by atoms with Crippen LogP contribution in [0.4, 0.5) is 17.2 Å². The van der Waals surface area contributed by atoms with E-state index < -0.39 is 0 Å². The van der Waals surface area contributed by atoms with Gasteiger partial charge in [-0.15, -0.1) is 10.2 Å². The van der Waals surface area contributed by atoms with E-state index in [1.807, 2.05) is 36.4 Å². The number of rotatable bonds is 6. The van der Waals surface area contributed by atoms with Crippen molar-refractivity contribution in [3.63, 3.8) is 0 Å². The first-order valence-electron chi connectivity index (χ1n) is 10.9. The minimum absolute atomic E-state index is 0.0226. The molecule has 2 heterocycles. The Labute approximate surface area is 193 Å². The lowest BCUT2D eigenvalue weighted by atomic mass is 9.97. The number of nitrogens with one attached hydrogen (secondary N) is 2. The summed E-state index contributed by atoms with van der Waals surface area (Å²) in [6.45, 7) is 2.87. The predicted molar refractivity (Wildman–Crippen MR) is 128 cm³/mol. The highest BCUT2D eigenvalue weighted by atomic mass is 16.5. The molecular weight excluding hydrogens is 418 g/mol. The highest BCUT2D eigenvalue weighted by Gasteiger charge is 2.27. The Morgan fingerprint density at radius 3 is 2.36 bits per heavy atom. The van der Waals surface area contributed by atoms with Crippen molar-refractivity contribution in [2.75, 3.05) is 35.7 Å². The van der Waals surface area contributed by atoms with Crippen LogP contribution in [0.2, 0.25) is 0 Å². The molecule has 1 aromatic heterocycles. The summed E-state index contributed by atoms with van der Waals surface area (Å²) in [6.07, 6.45) is 1.72. The molecule has 0 spiro atoms. The topological polar surface area (TPSA) is 96.5 Å². The van der Waals surface area contributed by atoms with Crippen LogP contribution in [0, 0.1) is 5.92 Å². The molecule has 3 aromatic rings. The molecule has 8 heteroatoms. The normalized spacial score (nSPS) is 15.6. The van der Waals surface area contributed by atoms with Gasteiger partial charge in [-0.3, -0.25) is 9.59 Å². The lowest BCUT2D eigenvalue weighted by Gasteiger charge is -2.32. The van der Waals surface area contributed by atoms with E-state index in [1.54, 1.807) is 31.4 Å². The number of benzene rings is 2. The van der Waals surface area contributed by atoms with Gasteiger partial charge in [0.2, 0.25) is 11.8 Å². The molecule has 0 radical (unpaired) electrons. The first-order chi connectivity index (χ1) is 16.0. The Morgan fingerprint density at radius 1 is 0.970 bits per heavy atom. The maximum atomic E-state index is 12.9. The lowest BCUT2D eigenvalue weighted by molar-refractivity contribution is -0.120. The van der Waals surface area contributed by atoms with Crippen molar-refractivity contribution in [2.45, 2.75) is 19.8 Å². The fourth-order valence-corrected chi connectivity index (χ4v) is 3.98. The molecule has 1 aliphatic heterocycles. The van der Waals surface area contributed by atoms with Crippen LogP contribution in [0.3, 0.4) is 0 Å². The second-order valence-electron chi connectivity index (χ2n) is 8.01. The standard InChI is InChI=1S/C25H27N5O3/c1-17(31)26-19-9-11-20(12-10-19)27-25(32)18-6-5-15-30(16-18)24-14-13-22(28-29-24)21-7-3-4-8-23(21)33-2/h3-4,7-14,18H,5-6,15-16H2,1-2H3,(H,26,31)(H,27,32). The van der Waals surface area contributed by atoms with Gasteiger partial charge in [0.05, 0.1) is 18.7 Å². The van der Waals surface area contributed by atoms with Gasteiger partial charge in [0, 0.05) is 37.0 Å². The molecule has 4 rings (SSSR count). The molecule has 2 N–H and O–H groups in total. The van der Waals surface area contributed by atoms with Gasteiger partial charge in [0.25, 0.3) is 0 Å². The van der Waals surface area contributed by atoms with Gasteiger partial charge in [-0.25, -0.2) is 0 Å². The molecule has 1 atom stereocenters. The quantitative estimate of drug-likeness (QED) is 0.596. The fraction of sp³-hybridized carbons (Fsp3) is 0.280. The van der Waals surface area contributed by atoms with E-state index in [0.717, 1.165) is 42.2 Å². The summed E-state index contributed by atoms with van der Waals surface area (Å²) in [5, 5.41) is 14.5. The monoisotopic (exact) mass is 445 g/mol. The zero-order valence-electron chi connectivity index (χ0n) is 18.7. The number of para-hydroxylation sites is 1. The van der Waals surface area contributed by atoms with Crippen LogP contribution in [-0.4, -0.2) is 42.2 Å². The summed E-state index contributed by atoms with van der Waals surface area (Å²) < 4.78 is 5.42. The van der Waals surface area contributed by atoms with Gasteiger partial charge in [-0.2, -0.15) is 0 Å². The van der Waals surface area contributed by atoms with Crippen molar-refractivity contribution in [3.05, 3.63) is 60.7 Å². The van der Waals surface area contributed by atoms with Crippen LogP contribution in [0.25, 0.3) is 11.3 Å². The number of nitrogens with zero attached hydrogens (tertiary/aromatic N) is 3. The number of hydrogen-bond donors (Lipinski definition) is 2. The molecule has 8 nitrogen and oxygen atoms in total. The smallest absolute Gasteiger partial charge is 0.229 e. The average molecular weight is 446 g/mol. The third-order valence-electron chi connectivity index (χ3n) is 5.62. The van der Waals surface area contributed by atoms with Crippen LogP contribution < -0.4 is 20.3 Å². The third kappa shape index (κ3) is 5.46. The van der Waals surface area contributed by atoms with E-state index in [0.29, 0.717) is 17.9 Å². The van der Waals surface area contributed by atoms with Crippen LogP contribution in [-0.2, 0) is 9.59 Å². The molecule has 1 aliphatic rings. The Hall–Kier alpha value is -3.94. The maximum Gasteiger partial charge on any atom is 0.229 e. The van der Waals surface area contributed by atoms with Gasteiger partial charge >= 0.3 is 0 Å². The zero-order valence-corrected chi connectivity index (χ0v) is 18.7. The molecule has 2 amide bonds. The van der Waals surface area contributed by atoms with E-state index in [-0.39, 0.29) is 17.7 Å². The Bertz CT molecular complexity index is 1120. The molecule has 0 aliphatic carbocycles. The highest BCUT2D eigenvalue weighted by molar-refractivity contribution is 5.94. The third-order valence-corrected chi connectivity index (χ3v) is 5.62. The molecule has 1 fully saturated rings. The van der Waals surface area contributed by atoms with E-state index in [4.69, 9.17) is 4.74 Å². The molecule has 33 heavy (non-hydrogen) atoms. The summed E-state index contributed by atoms with van der Waals surface area (Å²) in [5.74, 6) is 1.20. The molecule has 0 bridgehead atoms. The SMILES string of the molecule is COc1ccccc1-c1ccc(N2CCCC(C(=O)Nc3ccc(NC(C)=O)cc3)C2)nn1. The van der Waals surface area contributed by atoms with Crippen LogP contribution in [0.5, 0.6) is 5.75 Å². The van der Waals surface area contributed by atoms with Gasteiger partial charge in [0.1, 0.15) is 5.75 Å². The Morgan fingerprint density at radius 2 is 1.70 bits per heavy atom. The molecule has 1 saturated heterocycles. The first-order valence-corrected chi connectivity index (χ1v) is 10.9. The van der Waals surface area contributed by atoms with Crippen molar-refractivity contribution in [1.29, 1.82) is 0 Å². The number of methoxy groups -OCH3 is 1. The minimum atomic E-state index is -0.149. The summed E-state index contributed by atoms with van der Waals surface area (Å²) >= 11 is 0. The van der Waals surface area contributed by atoms with Gasteiger partial charge in [0.15, 0.2) is 5.82 Å². The van der Waals surface area contributed by atoms with Crippen LogP contribution in [0.1, 0.15) is 19.8 Å². The van der Waals surface area contributed by atoms with E-state index in [2.05, 4.69) is 25.7 Å². The van der Waals surface area contributed by atoms with Crippen LogP contribution >= 0.6 is 0 Å². The second-order valence-corrected chi connectivity index (χ2v) is 8.01. The largest absolute Gasteiger partial charge is 0.496 e. The van der Waals surface area contributed by atoms with E-state index in [1.165, 1.54) is 6.92 Å². The maximum absolute atomic E-state index is 12.9. The summed E-state index contributed by atoms with van der Waals surface area (Å²) in [6, 6.07) is 18.7. The number of amides is 2. The van der Waals surface area contributed by atoms with Crippen molar-refractivity contribution < 1.29 is 14.3 Å². The number of piperidine rings is 1. The summed E-state index contributed by atoms with van der Waals surface area (Å²) in [5.41, 5.74) is 3.02. The van der Waals surface area contributed by atoms with Crippen molar-refractivity contribution in [3.8, 4) is 17.0 Å². The van der Waals surface area contributed by atoms with Crippen molar-refractivity contribution in [2.24, 2.45) is 5.92 Å². The molecular formula is C25H27N5O3. The number of hydrogen-bond acceptors (Lipinski definition) is 6. The molecule has 170 valence electrons. The van der Waals surface area contributed by atoms with E-state index >= 15 is 0 Å². The molecule has 2 aromatic carbocycles. The number of carbonyl (C=O) groups excluding carboxylic acids is 2. The van der Waals surface area contributed by atoms with Crippen LogP contribution in [0.15, 0.2) is 60.7 Å². The number of carbonyl (C=O) groups is 2. The molecule has 1 unspecified atom stereocenters. The summed E-state index contributed by atoms with van der Waals surface area (Å²) in [4.78, 5) is 26.1. The van der Waals surface area contributed by atoms with Gasteiger partial charge in [-0.05, 0) is 61.4 Å². The first kappa shape index (κ1) is 22.3. The number of ether oxygens (including phenoxy) is 1. The number of aromatic nitrogens is 2. The minimum Gasteiger partial charge on any atom is -0.496 e. The van der Waals surface area contributed by atoms with E-state index in [9.17, 15) is 9.59 Å². The number of anilines is 3. The van der Waals surface area contributed by atoms with Crippen molar-refractivity contribution in [1.82, 2.24) is 10.2 Å². The Kier molecular flexibility index (Phi) is 6.83. The van der Waals surface area contributed by atoms with Gasteiger partial charge < -0.3 is 20.3 Å². The zero-order chi connectivity index (χ0) is 23.2. The second kappa shape index (κ2) is 10.1. The van der Waals surface area contributed by atoms with Crippen molar-refractivity contribution >= 4 is 29.0 Å². The molecule has 0 saturated carbocycles. The van der Waals surface area contributed by atoms with Gasteiger partial charge in [-0.1, -0.05) is 12.1 Å². The highest BCUT2D eigenvalue weighted by Crippen LogP contribution is 2.29. The predicted octanol–water partition coefficient (Wildman–Crippen LogP) is 3.97. The average Bonchev–Trinajstić information content (AvgIpc) is 2.85. The summed E-state index contributed by atoms with van der Waals surface area (Å²) in [7, 11) is 1.64. The Balaban J connectivity index is 1.39. The fourth-order valence-electron chi connectivity index (χ4n) is 3.98.